The van der Waals surface area contributed by atoms with Gasteiger partial charge in [-0.15, -0.1) is 0 Å². The van der Waals surface area contributed by atoms with Gasteiger partial charge in [0.1, 0.15) is 11.3 Å². The number of rotatable bonds is 4. The minimum Gasteiger partial charge on any atom is -0.440 e. The fourth-order valence-corrected chi connectivity index (χ4v) is 3.49. The summed E-state index contributed by atoms with van der Waals surface area (Å²) in [6.07, 6.45) is 1.22. The third kappa shape index (κ3) is 3.57. The summed E-state index contributed by atoms with van der Waals surface area (Å²) in [6, 6.07) is 14.0. The first-order valence-corrected chi connectivity index (χ1v) is 8.70. The molecule has 0 aliphatic carbocycles. The van der Waals surface area contributed by atoms with Gasteiger partial charge in [0.25, 0.3) is 0 Å². The molecule has 4 rings (SSSR count). The molecule has 4 nitrogen and oxygen atoms in total. The second-order valence-electron chi connectivity index (χ2n) is 6.67. The van der Waals surface area contributed by atoms with E-state index in [1.165, 1.54) is 12.1 Å². The highest BCUT2D eigenvalue weighted by molar-refractivity contribution is 5.72. The number of aromatic nitrogens is 1. The number of hydrogen-bond donors (Lipinski definition) is 1. The van der Waals surface area contributed by atoms with Crippen LogP contribution in [0.25, 0.3) is 11.1 Å². The second-order valence-corrected chi connectivity index (χ2v) is 6.67. The first-order valence-electron chi connectivity index (χ1n) is 8.70. The third-order valence-corrected chi connectivity index (χ3v) is 4.91. The summed E-state index contributed by atoms with van der Waals surface area (Å²) in [4.78, 5) is 6.82. The maximum atomic E-state index is 13.3. The van der Waals surface area contributed by atoms with E-state index in [0.717, 1.165) is 42.9 Å². The van der Waals surface area contributed by atoms with E-state index in [2.05, 4.69) is 9.88 Å². The molecule has 1 aromatic heterocycles. The summed E-state index contributed by atoms with van der Waals surface area (Å²) < 4.78 is 19.2. The van der Waals surface area contributed by atoms with E-state index >= 15 is 0 Å². The highest BCUT2D eigenvalue weighted by Crippen LogP contribution is 2.30. The van der Waals surface area contributed by atoms with Crippen LogP contribution >= 0.6 is 0 Å². The number of piperidine rings is 1. The van der Waals surface area contributed by atoms with Crippen molar-refractivity contribution >= 4 is 11.1 Å². The molecule has 25 heavy (non-hydrogen) atoms. The summed E-state index contributed by atoms with van der Waals surface area (Å²) in [5, 5.41) is 10.3. The average Bonchev–Trinajstić information content (AvgIpc) is 3.06. The van der Waals surface area contributed by atoms with Crippen molar-refractivity contribution in [1.29, 1.82) is 0 Å². The molecule has 1 fully saturated rings. The summed E-state index contributed by atoms with van der Waals surface area (Å²) in [7, 11) is 0. The van der Waals surface area contributed by atoms with E-state index in [0.29, 0.717) is 18.0 Å². The number of oxazole rings is 1. The Morgan fingerprint density at radius 1 is 1.16 bits per heavy atom. The molecule has 0 saturated carbocycles. The molecule has 1 atom stereocenters. The number of aliphatic hydroxyl groups is 1. The highest BCUT2D eigenvalue weighted by Gasteiger charge is 2.26. The van der Waals surface area contributed by atoms with Gasteiger partial charge in [-0.25, -0.2) is 9.37 Å². The highest BCUT2D eigenvalue weighted by atomic mass is 19.1. The van der Waals surface area contributed by atoms with Crippen LogP contribution in [0.5, 0.6) is 0 Å². The van der Waals surface area contributed by atoms with Crippen molar-refractivity contribution in [3.63, 3.8) is 0 Å². The van der Waals surface area contributed by atoms with E-state index in [4.69, 9.17) is 4.42 Å². The van der Waals surface area contributed by atoms with Crippen molar-refractivity contribution in [1.82, 2.24) is 9.88 Å². The molecule has 1 aliphatic rings. The number of aliphatic hydroxyl groups excluding tert-OH is 1. The van der Waals surface area contributed by atoms with Crippen molar-refractivity contribution in [2.45, 2.75) is 24.9 Å². The van der Waals surface area contributed by atoms with Gasteiger partial charge in [0, 0.05) is 12.5 Å². The summed E-state index contributed by atoms with van der Waals surface area (Å²) in [5.41, 5.74) is 2.36. The minimum atomic E-state index is -0.670. The summed E-state index contributed by atoms with van der Waals surface area (Å²) in [5.74, 6) is 0.813. The van der Waals surface area contributed by atoms with Crippen molar-refractivity contribution in [2.24, 2.45) is 0 Å². The summed E-state index contributed by atoms with van der Waals surface area (Å²) in [6.45, 7) is 2.26. The molecule has 1 unspecified atom stereocenters. The molecule has 2 heterocycles. The van der Waals surface area contributed by atoms with Gasteiger partial charge in [0.15, 0.2) is 11.5 Å². The van der Waals surface area contributed by atoms with Gasteiger partial charge in [-0.2, -0.15) is 0 Å². The molecule has 3 aromatic rings. The first kappa shape index (κ1) is 16.2. The zero-order valence-corrected chi connectivity index (χ0v) is 13.9. The standard InChI is InChI=1S/C20H21FN2O2/c21-16-5-3-4-15(12-16)18(24)13-23-10-8-14(9-11-23)20-22-17-6-1-2-7-19(17)25-20/h1-7,12,14,18,24H,8-11,13H2. The van der Waals surface area contributed by atoms with Crippen molar-refractivity contribution in [3.8, 4) is 0 Å². The molecule has 0 amide bonds. The number of nitrogens with zero attached hydrogens (tertiary/aromatic N) is 2. The molecular formula is C20H21FN2O2. The number of benzene rings is 2. The molecule has 2 aromatic carbocycles. The number of β-amino-alcohol motifs (C(OH)–C–C–N with tert-alkyl or cyclic N) is 1. The topological polar surface area (TPSA) is 49.5 Å². The minimum absolute atomic E-state index is 0.314. The van der Waals surface area contributed by atoms with Crippen molar-refractivity contribution in [2.75, 3.05) is 19.6 Å². The predicted molar refractivity (Wildman–Crippen MR) is 93.8 cm³/mol. The Kier molecular flexibility index (Phi) is 4.51. The SMILES string of the molecule is OC(CN1CCC(c2nc3ccccc3o2)CC1)c1cccc(F)c1. The van der Waals surface area contributed by atoms with Crippen LogP contribution in [0.1, 0.15) is 36.3 Å². The average molecular weight is 340 g/mol. The normalized spacial score (nSPS) is 17.8. The Labute approximate surface area is 145 Å². The molecular weight excluding hydrogens is 319 g/mol. The lowest BCUT2D eigenvalue weighted by Gasteiger charge is -2.32. The Hall–Kier alpha value is -2.24. The Morgan fingerprint density at radius 2 is 1.96 bits per heavy atom. The first-order chi connectivity index (χ1) is 12.2. The lowest BCUT2D eigenvalue weighted by molar-refractivity contribution is 0.0948. The van der Waals surface area contributed by atoms with Gasteiger partial charge in [-0.3, -0.25) is 0 Å². The van der Waals surface area contributed by atoms with E-state index in [9.17, 15) is 9.50 Å². The molecule has 1 N–H and O–H groups in total. The van der Waals surface area contributed by atoms with E-state index < -0.39 is 6.10 Å². The van der Waals surface area contributed by atoms with Crippen molar-refractivity contribution in [3.05, 3.63) is 65.8 Å². The van der Waals surface area contributed by atoms with Crippen LogP contribution in [-0.2, 0) is 0 Å². The number of likely N-dealkylation sites (tertiary alicyclic amines) is 1. The fourth-order valence-electron chi connectivity index (χ4n) is 3.49. The van der Waals surface area contributed by atoms with Crippen LogP contribution in [-0.4, -0.2) is 34.6 Å². The molecule has 0 radical (unpaired) electrons. The van der Waals surface area contributed by atoms with Gasteiger partial charge in [0.05, 0.1) is 6.10 Å². The monoisotopic (exact) mass is 340 g/mol. The lowest BCUT2D eigenvalue weighted by atomic mass is 9.96. The zero-order valence-electron chi connectivity index (χ0n) is 13.9. The van der Waals surface area contributed by atoms with Crippen LogP contribution in [0.3, 0.4) is 0 Å². The van der Waals surface area contributed by atoms with E-state index in [1.54, 1.807) is 12.1 Å². The van der Waals surface area contributed by atoms with Crippen LogP contribution in [0.2, 0.25) is 0 Å². The smallest absolute Gasteiger partial charge is 0.198 e. The third-order valence-electron chi connectivity index (χ3n) is 4.91. The molecule has 5 heteroatoms. The molecule has 0 bridgehead atoms. The fraction of sp³-hybridized carbons (Fsp3) is 0.350. The molecule has 1 aliphatic heterocycles. The second kappa shape index (κ2) is 6.94. The quantitative estimate of drug-likeness (QED) is 0.783. The Bertz CT molecular complexity index is 823. The maximum absolute atomic E-state index is 13.3. The molecule has 0 spiro atoms. The number of hydrogen-bond acceptors (Lipinski definition) is 4. The van der Waals surface area contributed by atoms with Gasteiger partial charge in [-0.05, 0) is 55.8 Å². The Balaban J connectivity index is 1.36. The largest absolute Gasteiger partial charge is 0.440 e. The number of halogens is 1. The number of fused-ring (bicyclic) bond motifs is 1. The van der Waals surface area contributed by atoms with Crippen LogP contribution in [0.15, 0.2) is 52.9 Å². The van der Waals surface area contributed by atoms with Crippen molar-refractivity contribution < 1.29 is 13.9 Å². The van der Waals surface area contributed by atoms with Crippen LogP contribution < -0.4 is 0 Å². The molecule has 1 saturated heterocycles. The lowest BCUT2D eigenvalue weighted by Crippen LogP contribution is -2.36. The van der Waals surface area contributed by atoms with Gasteiger partial charge in [-0.1, -0.05) is 24.3 Å². The summed E-state index contributed by atoms with van der Waals surface area (Å²) >= 11 is 0. The van der Waals surface area contributed by atoms with Crippen LogP contribution in [0.4, 0.5) is 4.39 Å². The number of para-hydroxylation sites is 2. The predicted octanol–water partition coefficient (Wildman–Crippen LogP) is 3.88. The zero-order chi connectivity index (χ0) is 17.2. The van der Waals surface area contributed by atoms with Gasteiger partial charge in [0.2, 0.25) is 0 Å². The Morgan fingerprint density at radius 3 is 2.72 bits per heavy atom. The van der Waals surface area contributed by atoms with Crippen LogP contribution in [0, 0.1) is 5.82 Å². The maximum Gasteiger partial charge on any atom is 0.198 e. The van der Waals surface area contributed by atoms with E-state index in [-0.39, 0.29) is 5.82 Å². The van der Waals surface area contributed by atoms with Gasteiger partial charge < -0.3 is 14.4 Å². The van der Waals surface area contributed by atoms with Gasteiger partial charge >= 0.3 is 0 Å². The van der Waals surface area contributed by atoms with E-state index in [1.807, 2.05) is 24.3 Å². The molecule has 130 valence electrons.